The van der Waals surface area contributed by atoms with Gasteiger partial charge in [-0.25, -0.2) is 19.4 Å². The Morgan fingerprint density at radius 3 is 2.29 bits per heavy atom. The Kier molecular flexibility index (Phi) is 7.92. The zero-order valence-corrected chi connectivity index (χ0v) is 17.4. The minimum Gasteiger partial charge on any atom is -0.480 e. The van der Waals surface area contributed by atoms with Crippen molar-refractivity contribution in [2.45, 2.75) is 45.1 Å². The number of carbonyl (C=O) groups excluding carboxylic acids is 2. The van der Waals surface area contributed by atoms with Crippen LogP contribution < -0.4 is 10.6 Å². The molecule has 10 heteroatoms. The van der Waals surface area contributed by atoms with Crippen LogP contribution in [0.5, 0.6) is 0 Å². The molecule has 4 N–H and O–H groups in total. The molecule has 1 heterocycles. The monoisotopic (exact) mass is 431 g/mol. The van der Waals surface area contributed by atoms with Crippen molar-refractivity contribution >= 4 is 24.0 Å². The highest BCUT2D eigenvalue weighted by molar-refractivity contribution is 5.83. The molecule has 0 fully saturated rings. The van der Waals surface area contributed by atoms with Crippen molar-refractivity contribution in [1.29, 1.82) is 0 Å². The normalized spacial score (nSPS) is 12.9. The molecule has 2 amide bonds. The highest BCUT2D eigenvalue weighted by Crippen LogP contribution is 2.19. The zero-order chi connectivity index (χ0) is 23.0. The summed E-state index contributed by atoms with van der Waals surface area (Å²) in [6.45, 7) is 5.08. The lowest BCUT2D eigenvalue weighted by atomic mass is 10.0. The number of nitrogens with one attached hydrogen (secondary N) is 2. The lowest BCUT2D eigenvalue weighted by Crippen LogP contribution is -2.45. The number of pyridine rings is 1. The van der Waals surface area contributed by atoms with Gasteiger partial charge in [-0.1, -0.05) is 36.4 Å². The number of aromatic nitrogens is 1. The molecule has 0 unspecified atom stereocenters. The van der Waals surface area contributed by atoms with E-state index in [1.165, 1.54) is 18.3 Å². The van der Waals surface area contributed by atoms with Gasteiger partial charge >= 0.3 is 18.2 Å². The topological polar surface area (TPSA) is 147 Å². The molecular formula is C21H25N3O7. The number of aliphatic hydroxyl groups excluding tert-OH is 1. The smallest absolute Gasteiger partial charge is 0.413 e. The predicted molar refractivity (Wildman–Crippen MR) is 110 cm³/mol. The van der Waals surface area contributed by atoms with Crippen LogP contribution >= 0.6 is 0 Å². The number of hydrogen-bond donors (Lipinski definition) is 4. The summed E-state index contributed by atoms with van der Waals surface area (Å²) >= 11 is 0. The van der Waals surface area contributed by atoms with Gasteiger partial charge in [0.15, 0.2) is 6.04 Å². The van der Waals surface area contributed by atoms with E-state index in [1.54, 1.807) is 45.0 Å². The maximum atomic E-state index is 12.0. The van der Waals surface area contributed by atoms with Gasteiger partial charge in [0, 0.05) is 11.8 Å². The molecule has 0 radical (unpaired) electrons. The molecule has 2 atom stereocenters. The van der Waals surface area contributed by atoms with Crippen molar-refractivity contribution in [2.24, 2.45) is 0 Å². The molecule has 0 spiro atoms. The van der Waals surface area contributed by atoms with Crippen LogP contribution in [0.15, 0.2) is 48.7 Å². The number of carbonyl (C=O) groups is 3. The Balaban J connectivity index is 1.97. The van der Waals surface area contributed by atoms with Crippen LogP contribution in [-0.4, -0.2) is 45.0 Å². The lowest BCUT2D eigenvalue weighted by Gasteiger charge is -2.21. The maximum absolute atomic E-state index is 12.0. The second-order valence-corrected chi connectivity index (χ2v) is 7.57. The van der Waals surface area contributed by atoms with E-state index in [-0.39, 0.29) is 18.0 Å². The number of ether oxygens (including phenoxy) is 2. The molecular weight excluding hydrogens is 406 g/mol. The van der Waals surface area contributed by atoms with E-state index in [1.807, 2.05) is 6.07 Å². The average molecular weight is 431 g/mol. The number of nitrogens with zero attached hydrogens (tertiary/aromatic N) is 1. The summed E-state index contributed by atoms with van der Waals surface area (Å²) in [5.74, 6) is -1.31. The lowest BCUT2D eigenvalue weighted by molar-refractivity contribution is -0.142. The Labute approximate surface area is 179 Å². The van der Waals surface area contributed by atoms with Crippen molar-refractivity contribution in [2.75, 3.05) is 5.32 Å². The minimum atomic E-state index is -1.67. The number of carboxylic acids is 1. The van der Waals surface area contributed by atoms with E-state index < -0.39 is 35.9 Å². The molecule has 0 bridgehead atoms. The molecule has 0 aliphatic rings. The van der Waals surface area contributed by atoms with E-state index in [4.69, 9.17) is 9.47 Å². The van der Waals surface area contributed by atoms with Gasteiger partial charge in [-0.3, -0.25) is 5.32 Å². The Bertz CT molecular complexity index is 895. The van der Waals surface area contributed by atoms with E-state index >= 15 is 0 Å². The quantitative estimate of drug-likeness (QED) is 0.523. The van der Waals surface area contributed by atoms with Crippen LogP contribution in [0.2, 0.25) is 0 Å². The summed E-state index contributed by atoms with van der Waals surface area (Å²) < 4.78 is 10.1. The number of amides is 2. The van der Waals surface area contributed by atoms with Crippen LogP contribution in [0, 0.1) is 0 Å². The second kappa shape index (κ2) is 10.4. The third-order valence-corrected chi connectivity index (χ3v) is 3.82. The molecule has 166 valence electrons. The number of rotatable bonds is 7. The largest absolute Gasteiger partial charge is 0.480 e. The SMILES string of the molecule is CC(C)(C)OC(=O)Nc1ccc([C@H](O)[C@H](NC(=O)OCc2ccccc2)C(=O)O)cn1. The number of anilines is 1. The molecule has 10 nitrogen and oxygen atoms in total. The summed E-state index contributed by atoms with van der Waals surface area (Å²) in [4.78, 5) is 39.2. The fourth-order valence-electron chi connectivity index (χ4n) is 2.42. The highest BCUT2D eigenvalue weighted by atomic mass is 16.6. The van der Waals surface area contributed by atoms with Crippen LogP contribution in [0.25, 0.3) is 0 Å². The first kappa shape index (κ1) is 23.6. The Morgan fingerprint density at radius 2 is 1.74 bits per heavy atom. The van der Waals surface area contributed by atoms with Gasteiger partial charge in [-0.15, -0.1) is 0 Å². The van der Waals surface area contributed by atoms with Gasteiger partial charge in [0.1, 0.15) is 24.1 Å². The third-order valence-electron chi connectivity index (χ3n) is 3.82. The van der Waals surface area contributed by atoms with Crippen molar-refractivity contribution in [3.63, 3.8) is 0 Å². The van der Waals surface area contributed by atoms with Crippen molar-refractivity contribution < 1.29 is 34.1 Å². The molecule has 31 heavy (non-hydrogen) atoms. The molecule has 2 rings (SSSR count). The van der Waals surface area contributed by atoms with Crippen molar-refractivity contribution in [3.05, 3.63) is 59.8 Å². The fourth-order valence-corrected chi connectivity index (χ4v) is 2.42. The van der Waals surface area contributed by atoms with Gasteiger partial charge in [-0.05, 0) is 32.4 Å². The molecule has 0 aliphatic carbocycles. The van der Waals surface area contributed by atoms with E-state index in [0.29, 0.717) is 0 Å². The molecule has 1 aromatic carbocycles. The summed E-state index contributed by atoms with van der Waals surface area (Å²) in [7, 11) is 0. The first-order valence-corrected chi connectivity index (χ1v) is 9.39. The fraction of sp³-hybridized carbons (Fsp3) is 0.333. The second-order valence-electron chi connectivity index (χ2n) is 7.57. The predicted octanol–water partition coefficient (Wildman–Crippen LogP) is 2.84. The van der Waals surface area contributed by atoms with Gasteiger partial charge in [0.05, 0.1) is 0 Å². The van der Waals surface area contributed by atoms with Gasteiger partial charge in [0.25, 0.3) is 0 Å². The van der Waals surface area contributed by atoms with Crippen molar-refractivity contribution in [3.8, 4) is 0 Å². The van der Waals surface area contributed by atoms with Crippen molar-refractivity contribution in [1.82, 2.24) is 10.3 Å². The summed E-state index contributed by atoms with van der Waals surface area (Å²) in [5.41, 5.74) is 0.156. The maximum Gasteiger partial charge on any atom is 0.413 e. The van der Waals surface area contributed by atoms with E-state index in [0.717, 1.165) is 5.56 Å². The van der Waals surface area contributed by atoms with E-state index in [2.05, 4.69) is 15.6 Å². The summed E-state index contributed by atoms with van der Waals surface area (Å²) in [6.07, 6.45) is -2.12. The number of carboxylic acid groups (broad SMARTS) is 1. The number of benzene rings is 1. The van der Waals surface area contributed by atoms with Gasteiger partial charge in [0.2, 0.25) is 0 Å². The van der Waals surface area contributed by atoms with Crippen LogP contribution in [0.4, 0.5) is 15.4 Å². The number of aliphatic hydroxyl groups is 1. The average Bonchev–Trinajstić information content (AvgIpc) is 2.69. The van der Waals surface area contributed by atoms with Crippen LogP contribution in [0.3, 0.4) is 0 Å². The number of hydrogen-bond acceptors (Lipinski definition) is 7. The number of aliphatic carboxylic acids is 1. The number of alkyl carbamates (subject to hydrolysis) is 1. The van der Waals surface area contributed by atoms with Gasteiger partial charge in [-0.2, -0.15) is 0 Å². The highest BCUT2D eigenvalue weighted by Gasteiger charge is 2.30. The molecule has 0 saturated carbocycles. The molecule has 1 aromatic heterocycles. The van der Waals surface area contributed by atoms with Crippen LogP contribution in [0.1, 0.15) is 38.0 Å². The molecule has 0 saturated heterocycles. The standard InChI is InChI=1S/C21H25N3O7/c1-21(2,3)31-20(29)23-15-10-9-14(11-22-15)17(25)16(18(26)27)24-19(28)30-12-13-7-5-4-6-8-13/h4-11,16-17,25H,12H2,1-3H3,(H,24,28)(H,26,27)(H,22,23,29)/t16-,17-/m0/s1. The first-order valence-electron chi connectivity index (χ1n) is 9.39. The third kappa shape index (κ3) is 7.94. The molecule has 0 aliphatic heterocycles. The minimum absolute atomic E-state index is 0.0539. The van der Waals surface area contributed by atoms with E-state index in [9.17, 15) is 24.6 Å². The zero-order valence-electron chi connectivity index (χ0n) is 17.4. The Hall–Kier alpha value is -3.66. The van der Waals surface area contributed by atoms with Crippen LogP contribution in [-0.2, 0) is 20.9 Å². The van der Waals surface area contributed by atoms with Gasteiger partial charge < -0.3 is 25.0 Å². The summed E-state index contributed by atoms with van der Waals surface area (Å²) in [5, 5.41) is 24.4. The first-order chi connectivity index (χ1) is 14.5. The molecule has 2 aromatic rings. The summed E-state index contributed by atoms with van der Waals surface area (Å²) in [6, 6.07) is 9.92. The Morgan fingerprint density at radius 1 is 1.06 bits per heavy atom.